The normalized spacial score (nSPS) is 18.4. The van der Waals surface area contributed by atoms with Crippen molar-refractivity contribution in [2.75, 3.05) is 20.7 Å². The van der Waals surface area contributed by atoms with E-state index in [1.54, 1.807) is 7.11 Å². The van der Waals surface area contributed by atoms with Crippen molar-refractivity contribution in [1.29, 1.82) is 0 Å². The van der Waals surface area contributed by atoms with Crippen molar-refractivity contribution in [3.63, 3.8) is 0 Å². The third kappa shape index (κ3) is 3.48. The molecule has 0 aromatic heterocycles. The molecule has 0 heterocycles. The summed E-state index contributed by atoms with van der Waals surface area (Å²) in [4.78, 5) is 2.41. The molecule has 0 amide bonds. The Balaban J connectivity index is 2.24. The first-order valence-corrected chi connectivity index (χ1v) is 7.26. The Morgan fingerprint density at radius 1 is 1.37 bits per heavy atom. The molecule has 1 aliphatic rings. The molecular formula is C16H26N2O. The molecule has 1 aromatic rings. The summed E-state index contributed by atoms with van der Waals surface area (Å²) in [5, 5.41) is 0. The maximum absolute atomic E-state index is 6.37. The van der Waals surface area contributed by atoms with Gasteiger partial charge in [0.1, 0.15) is 5.75 Å². The minimum absolute atomic E-state index is 0.139. The van der Waals surface area contributed by atoms with Crippen LogP contribution in [0.15, 0.2) is 24.3 Å². The Bertz CT molecular complexity index is 403. The summed E-state index contributed by atoms with van der Waals surface area (Å²) in [5.74, 6) is 1.81. The van der Waals surface area contributed by atoms with Crippen LogP contribution in [0.25, 0.3) is 0 Å². The van der Waals surface area contributed by atoms with Crippen LogP contribution in [-0.4, -0.2) is 31.6 Å². The Hall–Kier alpha value is -1.06. The first-order valence-electron chi connectivity index (χ1n) is 7.26. The van der Waals surface area contributed by atoms with Crippen molar-refractivity contribution in [2.45, 2.75) is 38.3 Å². The number of nitrogens with two attached hydrogens (primary N) is 1. The largest absolute Gasteiger partial charge is 0.496 e. The molecular weight excluding hydrogens is 236 g/mol. The molecule has 3 heteroatoms. The predicted molar refractivity (Wildman–Crippen MR) is 79.4 cm³/mol. The van der Waals surface area contributed by atoms with Crippen molar-refractivity contribution in [3.05, 3.63) is 29.8 Å². The Labute approximate surface area is 116 Å². The Kier molecular flexibility index (Phi) is 4.83. The highest BCUT2D eigenvalue weighted by molar-refractivity contribution is 5.36. The Morgan fingerprint density at radius 3 is 2.63 bits per heavy atom. The van der Waals surface area contributed by atoms with Crippen LogP contribution in [0.2, 0.25) is 0 Å². The van der Waals surface area contributed by atoms with Gasteiger partial charge in [0.05, 0.1) is 13.2 Å². The highest BCUT2D eigenvalue weighted by Crippen LogP contribution is 2.35. The van der Waals surface area contributed by atoms with Crippen molar-refractivity contribution >= 4 is 0 Å². The van der Waals surface area contributed by atoms with Gasteiger partial charge in [-0.3, -0.25) is 4.90 Å². The van der Waals surface area contributed by atoms with Crippen LogP contribution in [0.3, 0.4) is 0 Å². The highest BCUT2D eigenvalue weighted by atomic mass is 16.5. The monoisotopic (exact) mass is 262 g/mol. The van der Waals surface area contributed by atoms with E-state index in [1.807, 2.05) is 12.1 Å². The summed E-state index contributed by atoms with van der Waals surface area (Å²) in [6.45, 7) is 3.29. The fraction of sp³-hybridized carbons (Fsp3) is 0.625. The van der Waals surface area contributed by atoms with Gasteiger partial charge in [0, 0.05) is 18.2 Å². The molecule has 2 N–H and O–H groups in total. The van der Waals surface area contributed by atoms with Crippen molar-refractivity contribution < 1.29 is 4.74 Å². The lowest BCUT2D eigenvalue weighted by molar-refractivity contribution is 0.197. The number of likely N-dealkylation sites (N-methyl/N-ethyl adjacent to an activating group) is 1. The molecule has 2 unspecified atom stereocenters. The van der Waals surface area contributed by atoms with Gasteiger partial charge in [0.15, 0.2) is 0 Å². The molecule has 2 rings (SSSR count). The average molecular weight is 262 g/mol. The second-order valence-corrected chi connectivity index (χ2v) is 5.64. The molecule has 2 atom stereocenters. The molecule has 106 valence electrons. The van der Waals surface area contributed by atoms with Gasteiger partial charge in [-0.05, 0) is 38.3 Å². The lowest BCUT2D eigenvalue weighted by atomic mass is 9.95. The van der Waals surface area contributed by atoms with E-state index < -0.39 is 0 Å². The van der Waals surface area contributed by atoms with Gasteiger partial charge in [0.25, 0.3) is 0 Å². The van der Waals surface area contributed by atoms with E-state index in [0.717, 1.165) is 24.6 Å². The number of para-hydroxylation sites is 1. The van der Waals surface area contributed by atoms with Gasteiger partial charge < -0.3 is 10.5 Å². The molecule has 0 spiro atoms. The zero-order valence-electron chi connectivity index (χ0n) is 12.3. The summed E-state index contributed by atoms with van der Waals surface area (Å²) in [6, 6.07) is 8.62. The Morgan fingerprint density at radius 2 is 2.05 bits per heavy atom. The number of nitrogens with zero attached hydrogens (tertiary/aromatic N) is 1. The summed E-state index contributed by atoms with van der Waals surface area (Å²) in [6.07, 6.45) is 3.70. The van der Waals surface area contributed by atoms with Gasteiger partial charge in [-0.15, -0.1) is 0 Å². The fourth-order valence-corrected chi connectivity index (χ4v) is 2.75. The molecule has 1 aromatic carbocycles. The van der Waals surface area contributed by atoms with Crippen LogP contribution in [0.5, 0.6) is 5.75 Å². The summed E-state index contributed by atoms with van der Waals surface area (Å²) in [7, 11) is 3.92. The van der Waals surface area contributed by atoms with Gasteiger partial charge >= 0.3 is 0 Å². The number of hydrogen-bond donors (Lipinski definition) is 1. The third-order valence-electron chi connectivity index (χ3n) is 4.05. The second kappa shape index (κ2) is 6.40. The summed E-state index contributed by atoms with van der Waals surface area (Å²) < 4.78 is 5.51. The van der Waals surface area contributed by atoms with Crippen molar-refractivity contribution in [2.24, 2.45) is 11.7 Å². The molecule has 0 bridgehead atoms. The van der Waals surface area contributed by atoms with E-state index in [2.05, 4.69) is 31.0 Å². The van der Waals surface area contributed by atoms with E-state index in [1.165, 1.54) is 18.4 Å². The van der Waals surface area contributed by atoms with Gasteiger partial charge in [-0.2, -0.15) is 0 Å². The predicted octanol–water partition coefficient (Wildman–Crippen LogP) is 2.82. The first-order chi connectivity index (χ1) is 9.17. The van der Waals surface area contributed by atoms with Crippen molar-refractivity contribution in [1.82, 2.24) is 4.90 Å². The zero-order valence-corrected chi connectivity index (χ0v) is 12.3. The lowest BCUT2D eigenvalue weighted by Gasteiger charge is -2.33. The van der Waals surface area contributed by atoms with Crippen LogP contribution < -0.4 is 10.5 Å². The minimum Gasteiger partial charge on any atom is -0.496 e. The third-order valence-corrected chi connectivity index (χ3v) is 4.05. The molecule has 19 heavy (non-hydrogen) atoms. The van der Waals surface area contributed by atoms with E-state index in [9.17, 15) is 0 Å². The van der Waals surface area contributed by atoms with Crippen LogP contribution in [0.1, 0.15) is 37.8 Å². The van der Waals surface area contributed by atoms with Crippen LogP contribution in [-0.2, 0) is 0 Å². The number of rotatable bonds is 7. The SMILES string of the molecule is CCC(N)C(c1ccccc1OC)N(C)CC1CC1. The summed E-state index contributed by atoms with van der Waals surface area (Å²) in [5.41, 5.74) is 7.58. The molecule has 0 radical (unpaired) electrons. The maximum atomic E-state index is 6.37. The van der Waals surface area contributed by atoms with Gasteiger partial charge in [-0.25, -0.2) is 0 Å². The number of benzene rings is 1. The summed E-state index contributed by atoms with van der Waals surface area (Å²) >= 11 is 0. The van der Waals surface area contributed by atoms with E-state index in [4.69, 9.17) is 10.5 Å². The van der Waals surface area contributed by atoms with E-state index in [0.29, 0.717) is 0 Å². The molecule has 1 fully saturated rings. The van der Waals surface area contributed by atoms with Crippen LogP contribution >= 0.6 is 0 Å². The van der Waals surface area contributed by atoms with Gasteiger partial charge in [0.2, 0.25) is 0 Å². The number of ether oxygens (including phenoxy) is 1. The topological polar surface area (TPSA) is 38.5 Å². The quantitative estimate of drug-likeness (QED) is 0.821. The lowest BCUT2D eigenvalue weighted by Crippen LogP contribution is -2.39. The fourth-order valence-electron chi connectivity index (χ4n) is 2.75. The minimum atomic E-state index is 0.139. The van der Waals surface area contributed by atoms with Crippen molar-refractivity contribution in [3.8, 4) is 5.75 Å². The molecule has 0 aliphatic heterocycles. The molecule has 1 aliphatic carbocycles. The molecule has 3 nitrogen and oxygen atoms in total. The molecule has 1 saturated carbocycles. The van der Waals surface area contributed by atoms with Gasteiger partial charge in [-0.1, -0.05) is 25.1 Å². The van der Waals surface area contributed by atoms with Crippen LogP contribution in [0.4, 0.5) is 0 Å². The standard InChI is InChI=1S/C16H26N2O/c1-4-14(17)16(18(2)11-12-9-10-12)13-7-5-6-8-15(13)19-3/h5-8,12,14,16H,4,9-11,17H2,1-3H3. The first kappa shape index (κ1) is 14.4. The molecule has 0 saturated heterocycles. The number of methoxy groups -OCH3 is 1. The van der Waals surface area contributed by atoms with E-state index >= 15 is 0 Å². The zero-order chi connectivity index (χ0) is 13.8. The maximum Gasteiger partial charge on any atom is 0.123 e. The number of hydrogen-bond acceptors (Lipinski definition) is 3. The average Bonchev–Trinajstić information content (AvgIpc) is 3.23. The van der Waals surface area contributed by atoms with E-state index in [-0.39, 0.29) is 12.1 Å². The highest BCUT2D eigenvalue weighted by Gasteiger charge is 2.30. The van der Waals surface area contributed by atoms with Crippen LogP contribution in [0, 0.1) is 5.92 Å². The smallest absolute Gasteiger partial charge is 0.123 e. The second-order valence-electron chi connectivity index (χ2n) is 5.64.